The van der Waals surface area contributed by atoms with E-state index in [9.17, 15) is 4.79 Å². The zero-order chi connectivity index (χ0) is 14.7. The first kappa shape index (κ1) is 14.4. The van der Waals surface area contributed by atoms with Crippen molar-refractivity contribution < 1.29 is 4.79 Å². The number of benzene rings is 1. The van der Waals surface area contributed by atoms with Crippen LogP contribution in [0, 0.1) is 0 Å². The first-order chi connectivity index (χ1) is 10.3. The van der Waals surface area contributed by atoms with Crippen molar-refractivity contribution in [2.75, 3.05) is 4.90 Å². The van der Waals surface area contributed by atoms with E-state index >= 15 is 0 Å². The molecule has 0 unspecified atom stereocenters. The van der Waals surface area contributed by atoms with Gasteiger partial charge in [0, 0.05) is 17.8 Å². The van der Waals surface area contributed by atoms with Crippen LogP contribution in [0.2, 0.25) is 0 Å². The molecule has 1 atom stereocenters. The Kier molecular flexibility index (Phi) is 4.47. The first-order valence-electron chi connectivity index (χ1n) is 8.43. The Bertz CT molecular complexity index is 492. The van der Waals surface area contributed by atoms with Crippen LogP contribution in [0.3, 0.4) is 0 Å². The van der Waals surface area contributed by atoms with Gasteiger partial charge in [0.2, 0.25) is 0 Å². The van der Waals surface area contributed by atoms with Gasteiger partial charge in [-0.2, -0.15) is 0 Å². The van der Waals surface area contributed by atoms with Crippen LogP contribution in [0.4, 0.5) is 10.5 Å². The third-order valence-corrected chi connectivity index (χ3v) is 4.86. The minimum atomic E-state index is 0.0954. The number of nitrogens with zero attached hydrogens (tertiary/aromatic N) is 1. The summed E-state index contributed by atoms with van der Waals surface area (Å²) in [6.07, 6.45) is 9.72. The topological polar surface area (TPSA) is 32.3 Å². The van der Waals surface area contributed by atoms with E-state index in [1.54, 1.807) is 0 Å². The van der Waals surface area contributed by atoms with Crippen molar-refractivity contribution in [2.45, 2.75) is 70.4 Å². The molecule has 1 aromatic carbocycles. The molecule has 0 aromatic heterocycles. The third kappa shape index (κ3) is 3.22. The number of carbonyl (C=O) groups is 1. The number of hydrogen-bond acceptors (Lipinski definition) is 1. The van der Waals surface area contributed by atoms with Gasteiger partial charge in [0.25, 0.3) is 0 Å². The Labute approximate surface area is 127 Å². The largest absolute Gasteiger partial charge is 0.335 e. The van der Waals surface area contributed by atoms with Crippen molar-refractivity contribution in [1.29, 1.82) is 0 Å². The van der Waals surface area contributed by atoms with Crippen LogP contribution in [0.1, 0.15) is 57.4 Å². The molecule has 0 bridgehead atoms. The Morgan fingerprint density at radius 3 is 2.52 bits per heavy atom. The normalized spacial score (nSPS) is 23.3. The van der Waals surface area contributed by atoms with Crippen LogP contribution < -0.4 is 10.2 Å². The summed E-state index contributed by atoms with van der Waals surface area (Å²) in [6, 6.07) is 8.99. The first-order valence-corrected chi connectivity index (χ1v) is 8.43. The predicted octanol–water partition coefficient (Wildman–Crippen LogP) is 4.26. The fourth-order valence-corrected chi connectivity index (χ4v) is 3.72. The number of hydrogen-bond donors (Lipinski definition) is 1. The number of nitrogens with one attached hydrogen (secondary N) is 1. The van der Waals surface area contributed by atoms with E-state index in [0.717, 1.165) is 24.9 Å². The van der Waals surface area contributed by atoms with Gasteiger partial charge in [-0.1, -0.05) is 50.3 Å². The summed E-state index contributed by atoms with van der Waals surface area (Å²) in [5.41, 5.74) is 2.38. The van der Waals surface area contributed by atoms with Gasteiger partial charge in [0.05, 0.1) is 0 Å². The molecular weight excluding hydrogens is 260 g/mol. The Morgan fingerprint density at radius 1 is 1.10 bits per heavy atom. The Hall–Kier alpha value is -1.51. The summed E-state index contributed by atoms with van der Waals surface area (Å²) in [5.74, 6) is 0. The van der Waals surface area contributed by atoms with Crippen molar-refractivity contribution in [3.63, 3.8) is 0 Å². The summed E-state index contributed by atoms with van der Waals surface area (Å²) < 4.78 is 0. The minimum absolute atomic E-state index is 0.0954. The molecular formula is C18H26N2O. The van der Waals surface area contributed by atoms with E-state index in [4.69, 9.17) is 0 Å². The second-order valence-electron chi connectivity index (χ2n) is 6.54. The van der Waals surface area contributed by atoms with Crippen molar-refractivity contribution in [3.8, 4) is 0 Å². The number of urea groups is 1. The van der Waals surface area contributed by atoms with Crippen LogP contribution in [0.25, 0.3) is 0 Å². The number of fused-ring (bicyclic) bond motifs is 1. The molecule has 1 N–H and O–H groups in total. The quantitative estimate of drug-likeness (QED) is 0.822. The predicted molar refractivity (Wildman–Crippen MR) is 86.7 cm³/mol. The highest BCUT2D eigenvalue weighted by molar-refractivity contribution is 5.95. The molecule has 21 heavy (non-hydrogen) atoms. The van der Waals surface area contributed by atoms with E-state index in [1.165, 1.54) is 37.7 Å². The number of carbonyl (C=O) groups excluding carboxylic acids is 1. The van der Waals surface area contributed by atoms with Gasteiger partial charge in [0.15, 0.2) is 0 Å². The van der Waals surface area contributed by atoms with Crippen molar-refractivity contribution in [3.05, 3.63) is 29.8 Å². The molecule has 1 saturated carbocycles. The molecule has 0 saturated heterocycles. The monoisotopic (exact) mass is 286 g/mol. The molecule has 0 radical (unpaired) electrons. The van der Waals surface area contributed by atoms with Crippen molar-refractivity contribution >= 4 is 11.7 Å². The SMILES string of the molecule is C[C@H]1Cc2ccccc2N1C(=O)NC1CCCCCCC1. The van der Waals surface area contributed by atoms with E-state index in [-0.39, 0.29) is 12.1 Å². The van der Waals surface area contributed by atoms with Crippen LogP contribution >= 0.6 is 0 Å². The summed E-state index contributed by atoms with van der Waals surface area (Å²) in [6.45, 7) is 2.14. The highest BCUT2D eigenvalue weighted by Gasteiger charge is 2.31. The smallest absolute Gasteiger partial charge is 0.322 e. The van der Waals surface area contributed by atoms with E-state index < -0.39 is 0 Å². The second kappa shape index (κ2) is 6.50. The standard InChI is InChI=1S/C18H26N2O/c1-14-13-15-9-7-8-12-17(15)20(14)18(21)19-16-10-5-3-2-4-6-11-16/h7-9,12,14,16H,2-6,10-11,13H2,1H3,(H,19,21)/t14-/m0/s1. The lowest BCUT2D eigenvalue weighted by atomic mass is 9.97. The molecule has 1 aliphatic carbocycles. The number of amides is 2. The lowest BCUT2D eigenvalue weighted by molar-refractivity contribution is 0.238. The third-order valence-electron chi connectivity index (χ3n) is 4.86. The van der Waals surface area contributed by atoms with Crippen LogP contribution in [0.5, 0.6) is 0 Å². The van der Waals surface area contributed by atoms with Gasteiger partial charge in [-0.05, 0) is 37.8 Å². The highest BCUT2D eigenvalue weighted by atomic mass is 16.2. The molecule has 2 aliphatic rings. The Morgan fingerprint density at radius 2 is 1.76 bits per heavy atom. The van der Waals surface area contributed by atoms with Crippen LogP contribution in [-0.2, 0) is 6.42 Å². The summed E-state index contributed by atoms with van der Waals surface area (Å²) in [4.78, 5) is 14.7. The maximum absolute atomic E-state index is 12.7. The molecule has 114 valence electrons. The molecule has 1 aliphatic heterocycles. The molecule has 0 spiro atoms. The van der Waals surface area contributed by atoms with E-state index in [2.05, 4.69) is 30.4 Å². The summed E-state index contributed by atoms with van der Waals surface area (Å²) >= 11 is 0. The molecule has 1 aromatic rings. The maximum atomic E-state index is 12.7. The highest BCUT2D eigenvalue weighted by Crippen LogP contribution is 2.32. The maximum Gasteiger partial charge on any atom is 0.322 e. The van der Waals surface area contributed by atoms with Crippen LogP contribution in [-0.4, -0.2) is 18.1 Å². The average molecular weight is 286 g/mol. The van der Waals surface area contributed by atoms with Crippen molar-refractivity contribution in [2.24, 2.45) is 0 Å². The van der Waals surface area contributed by atoms with E-state index in [0.29, 0.717) is 6.04 Å². The molecule has 3 rings (SSSR count). The lowest BCUT2D eigenvalue weighted by Crippen LogP contribution is -2.47. The molecule has 1 fully saturated rings. The van der Waals surface area contributed by atoms with Gasteiger partial charge in [-0.15, -0.1) is 0 Å². The number of anilines is 1. The van der Waals surface area contributed by atoms with Gasteiger partial charge in [-0.25, -0.2) is 4.79 Å². The van der Waals surface area contributed by atoms with Crippen LogP contribution in [0.15, 0.2) is 24.3 Å². The van der Waals surface area contributed by atoms with E-state index in [1.807, 2.05) is 11.0 Å². The summed E-state index contributed by atoms with van der Waals surface area (Å²) in [5, 5.41) is 3.29. The van der Waals surface area contributed by atoms with Gasteiger partial charge < -0.3 is 5.32 Å². The molecule has 3 heteroatoms. The van der Waals surface area contributed by atoms with Gasteiger partial charge in [0.1, 0.15) is 0 Å². The van der Waals surface area contributed by atoms with Crippen molar-refractivity contribution in [1.82, 2.24) is 5.32 Å². The minimum Gasteiger partial charge on any atom is -0.335 e. The average Bonchev–Trinajstić information content (AvgIpc) is 2.77. The molecule has 2 amide bonds. The fraction of sp³-hybridized carbons (Fsp3) is 0.611. The lowest BCUT2D eigenvalue weighted by Gasteiger charge is -2.27. The second-order valence-corrected chi connectivity index (χ2v) is 6.54. The number of rotatable bonds is 1. The van der Waals surface area contributed by atoms with Gasteiger partial charge in [-0.3, -0.25) is 4.90 Å². The molecule has 3 nitrogen and oxygen atoms in total. The number of para-hydroxylation sites is 1. The zero-order valence-electron chi connectivity index (χ0n) is 13.0. The molecule has 1 heterocycles. The van der Waals surface area contributed by atoms with Gasteiger partial charge >= 0.3 is 6.03 Å². The zero-order valence-corrected chi connectivity index (χ0v) is 13.0. The summed E-state index contributed by atoms with van der Waals surface area (Å²) in [7, 11) is 0. The fourth-order valence-electron chi connectivity index (χ4n) is 3.72. The Balaban J connectivity index is 1.67.